The number of fused-ring (bicyclic) bond motifs is 9. The lowest BCUT2D eigenvalue weighted by Gasteiger charge is -2.47. The fourth-order valence-electron chi connectivity index (χ4n) is 7.12. The molecule has 1 aromatic carbocycles. The minimum Gasteiger partial charge on any atom is -0.462 e. The molecule has 2 saturated carbocycles. The number of anilines is 1. The number of thiazole rings is 1. The van der Waals surface area contributed by atoms with E-state index >= 15 is 0 Å². The predicted octanol–water partition coefficient (Wildman–Crippen LogP) is 2.87. The lowest BCUT2D eigenvalue weighted by atomic mass is 9.64. The maximum absolute atomic E-state index is 13.5. The molecule has 2 aliphatic carbocycles. The van der Waals surface area contributed by atoms with Crippen LogP contribution in [-0.4, -0.2) is 52.0 Å². The van der Waals surface area contributed by atoms with Gasteiger partial charge >= 0.3 is 10.8 Å². The van der Waals surface area contributed by atoms with E-state index < -0.39 is 23.7 Å². The molecule has 2 N–H and O–H groups in total. The third-order valence-corrected chi connectivity index (χ3v) is 11.3. The van der Waals surface area contributed by atoms with E-state index in [1.54, 1.807) is 43.0 Å². The smallest absolute Gasteiger partial charge is 0.338 e. The number of imide groups is 1. The molecule has 0 radical (unpaired) electrons. The van der Waals surface area contributed by atoms with Crippen molar-refractivity contribution in [2.45, 2.75) is 42.9 Å². The number of esters is 1. The molecule has 6 atom stereocenters. The predicted molar refractivity (Wildman–Crippen MR) is 137 cm³/mol. The van der Waals surface area contributed by atoms with Gasteiger partial charge in [-0.05, 0) is 55.4 Å². The van der Waals surface area contributed by atoms with Crippen molar-refractivity contribution in [3.8, 4) is 0 Å². The van der Waals surface area contributed by atoms with Crippen molar-refractivity contribution >= 4 is 52.5 Å². The highest BCUT2D eigenvalue weighted by molar-refractivity contribution is 8.00. The molecule has 0 spiro atoms. The molecule has 3 fully saturated rings. The van der Waals surface area contributed by atoms with Gasteiger partial charge in [0.2, 0.25) is 17.7 Å². The number of nitrogens with one attached hydrogen (secondary N) is 2. The zero-order valence-corrected chi connectivity index (χ0v) is 22.2. The fourth-order valence-corrected chi connectivity index (χ4v) is 10.3. The summed E-state index contributed by atoms with van der Waals surface area (Å²) in [6.45, 7) is 5.94. The van der Waals surface area contributed by atoms with Gasteiger partial charge in [-0.2, -0.15) is 0 Å². The Kier molecular flexibility index (Phi) is 5.65. The van der Waals surface area contributed by atoms with Crippen molar-refractivity contribution < 1.29 is 23.9 Å². The molecule has 37 heavy (non-hydrogen) atoms. The molecule has 6 rings (SSSR count). The van der Waals surface area contributed by atoms with Gasteiger partial charge in [0.15, 0.2) is 0 Å². The van der Waals surface area contributed by atoms with Crippen molar-refractivity contribution in [2.75, 3.05) is 18.5 Å². The van der Waals surface area contributed by atoms with Crippen LogP contribution in [0.4, 0.5) is 5.69 Å². The standard InChI is InChI=1S/C26H27N3O6S2/c1-4-35-24(33)11-5-7-12(8-6-11)27-15(30)10-29-22(31)16-13-9-14(17(16)23(29)32)19-18(13)26(2,3)20-21(36-19)28-25(34)37-20/h5-8,13-14,16-19H,4,9-10H2,1-3H3,(H,27,30)(H,28,34). The highest BCUT2D eigenvalue weighted by Gasteiger charge is 2.70. The molecule has 4 aliphatic rings. The number of thioether (sulfide) groups is 1. The van der Waals surface area contributed by atoms with Crippen molar-refractivity contribution in [1.29, 1.82) is 0 Å². The maximum Gasteiger partial charge on any atom is 0.338 e. The first-order valence-corrected chi connectivity index (χ1v) is 14.1. The van der Waals surface area contributed by atoms with Crippen LogP contribution in [0.1, 0.15) is 42.4 Å². The molecule has 2 aromatic rings. The van der Waals surface area contributed by atoms with E-state index in [1.807, 2.05) is 0 Å². The summed E-state index contributed by atoms with van der Waals surface area (Å²) in [6.07, 6.45) is 0.824. The van der Waals surface area contributed by atoms with Crippen LogP contribution in [-0.2, 0) is 24.5 Å². The summed E-state index contributed by atoms with van der Waals surface area (Å²) in [7, 11) is 0. The van der Waals surface area contributed by atoms with Crippen LogP contribution in [0.2, 0.25) is 0 Å². The highest BCUT2D eigenvalue weighted by atomic mass is 32.2. The number of ether oxygens (including phenoxy) is 1. The number of H-pyrrole nitrogens is 1. The summed E-state index contributed by atoms with van der Waals surface area (Å²) < 4.78 is 4.96. The molecular weight excluding hydrogens is 514 g/mol. The van der Waals surface area contributed by atoms with Crippen molar-refractivity contribution in [2.24, 2.45) is 29.6 Å². The molecular formula is C26H27N3O6S2. The Labute approximate surface area is 221 Å². The number of likely N-dealkylation sites (tertiary alicyclic amines) is 1. The van der Waals surface area contributed by atoms with Gasteiger partial charge in [0.25, 0.3) is 0 Å². The average Bonchev–Trinajstić information content (AvgIpc) is 3.58. The van der Waals surface area contributed by atoms with Gasteiger partial charge in [-0.1, -0.05) is 25.2 Å². The zero-order valence-electron chi connectivity index (χ0n) is 20.6. The van der Waals surface area contributed by atoms with Crippen molar-refractivity contribution in [3.05, 3.63) is 44.4 Å². The third kappa shape index (κ3) is 3.61. The summed E-state index contributed by atoms with van der Waals surface area (Å²) in [6, 6.07) is 6.27. The van der Waals surface area contributed by atoms with E-state index in [2.05, 4.69) is 24.1 Å². The van der Waals surface area contributed by atoms with Crippen LogP contribution in [0.15, 0.2) is 34.1 Å². The van der Waals surface area contributed by atoms with Gasteiger partial charge in [-0.25, -0.2) is 4.79 Å². The van der Waals surface area contributed by atoms with E-state index in [0.717, 1.165) is 21.2 Å². The lowest BCUT2D eigenvalue weighted by Crippen LogP contribution is -2.48. The molecule has 9 nitrogen and oxygen atoms in total. The topological polar surface area (TPSA) is 126 Å². The van der Waals surface area contributed by atoms with Gasteiger partial charge in [0, 0.05) is 21.2 Å². The Hall–Kier alpha value is -2.92. The molecule has 3 heterocycles. The highest BCUT2D eigenvalue weighted by Crippen LogP contribution is 2.68. The summed E-state index contributed by atoms with van der Waals surface area (Å²) in [5.41, 5.74) is 0.555. The van der Waals surface area contributed by atoms with E-state index in [9.17, 15) is 24.0 Å². The minimum absolute atomic E-state index is 0.0424. The van der Waals surface area contributed by atoms with Gasteiger partial charge in [-0.3, -0.25) is 24.1 Å². The molecule has 1 aromatic heterocycles. The quantitative estimate of drug-likeness (QED) is 0.440. The van der Waals surface area contributed by atoms with Gasteiger partial charge in [0.1, 0.15) is 6.54 Å². The molecule has 2 bridgehead atoms. The van der Waals surface area contributed by atoms with E-state index in [4.69, 9.17) is 4.74 Å². The second kappa shape index (κ2) is 8.56. The first-order chi connectivity index (χ1) is 17.6. The number of nitrogens with zero attached hydrogens (tertiary/aromatic N) is 1. The van der Waals surface area contributed by atoms with Crippen LogP contribution in [0, 0.1) is 29.6 Å². The van der Waals surface area contributed by atoms with Crippen LogP contribution >= 0.6 is 23.1 Å². The maximum atomic E-state index is 13.5. The largest absolute Gasteiger partial charge is 0.462 e. The number of benzene rings is 1. The monoisotopic (exact) mass is 541 g/mol. The van der Waals surface area contributed by atoms with Gasteiger partial charge < -0.3 is 15.0 Å². The molecule has 1 saturated heterocycles. The summed E-state index contributed by atoms with van der Waals surface area (Å²) in [5.74, 6) is -1.99. The second-order valence-corrected chi connectivity index (χ2v) is 12.9. The molecule has 2 aliphatic heterocycles. The fraction of sp³-hybridized carbons (Fsp3) is 0.500. The third-order valence-electron chi connectivity index (χ3n) is 8.46. The number of rotatable bonds is 5. The minimum atomic E-state index is -0.468. The average molecular weight is 542 g/mol. The first-order valence-electron chi connectivity index (χ1n) is 12.4. The van der Waals surface area contributed by atoms with E-state index in [1.165, 1.54) is 11.3 Å². The van der Waals surface area contributed by atoms with Crippen LogP contribution in [0.25, 0.3) is 0 Å². The Morgan fingerprint density at radius 1 is 1.11 bits per heavy atom. The second-order valence-electron chi connectivity index (χ2n) is 10.7. The number of hydrogen-bond donors (Lipinski definition) is 2. The summed E-state index contributed by atoms with van der Waals surface area (Å²) in [5, 5.41) is 3.77. The van der Waals surface area contributed by atoms with Gasteiger partial charge in [0.05, 0.1) is 29.0 Å². The normalized spacial score (nSPS) is 30.6. The first kappa shape index (κ1) is 24.4. The zero-order chi connectivity index (χ0) is 26.2. The number of amides is 3. The molecule has 194 valence electrons. The summed E-state index contributed by atoms with van der Waals surface area (Å²) >= 11 is 2.89. The molecule has 3 amide bonds. The van der Waals surface area contributed by atoms with E-state index in [0.29, 0.717) is 11.3 Å². The molecule has 11 heteroatoms. The number of carbonyl (C=O) groups excluding carboxylic acids is 4. The van der Waals surface area contributed by atoms with Crippen molar-refractivity contribution in [1.82, 2.24) is 9.88 Å². The van der Waals surface area contributed by atoms with Crippen LogP contribution in [0.3, 0.4) is 0 Å². The number of hydrogen-bond acceptors (Lipinski definition) is 8. The van der Waals surface area contributed by atoms with Gasteiger partial charge in [-0.15, -0.1) is 11.8 Å². The lowest BCUT2D eigenvalue weighted by molar-refractivity contribution is -0.143. The Balaban J connectivity index is 1.18. The summed E-state index contributed by atoms with van der Waals surface area (Å²) in [4.78, 5) is 68.7. The molecule has 6 unspecified atom stereocenters. The Bertz CT molecular complexity index is 1380. The number of aromatic nitrogens is 1. The SMILES string of the molecule is CCOC(=O)c1ccc(NC(=O)CN2C(=O)C3C4CC(C3C2=O)C2C4Sc3[nH]c(=O)sc3C2(C)C)cc1. The van der Waals surface area contributed by atoms with Crippen LogP contribution < -0.4 is 10.2 Å². The Morgan fingerprint density at radius 3 is 2.46 bits per heavy atom. The van der Waals surface area contributed by atoms with Crippen LogP contribution in [0.5, 0.6) is 0 Å². The number of carbonyl (C=O) groups is 4. The number of aromatic amines is 1. The van der Waals surface area contributed by atoms with Crippen molar-refractivity contribution in [3.63, 3.8) is 0 Å². The van der Waals surface area contributed by atoms with E-state index in [-0.39, 0.29) is 58.3 Å². The Morgan fingerprint density at radius 2 is 1.78 bits per heavy atom.